The van der Waals surface area contributed by atoms with Gasteiger partial charge in [0, 0.05) is 25.2 Å². The molecule has 0 bridgehead atoms. The molecule has 0 aliphatic carbocycles. The zero-order valence-corrected chi connectivity index (χ0v) is 14.5. The number of aryl methyl sites for hydroxylation is 2. The van der Waals surface area contributed by atoms with Gasteiger partial charge < -0.3 is 10.2 Å². The number of piperidine rings is 1. The topological polar surface area (TPSA) is 32.3 Å². The molecule has 3 nitrogen and oxygen atoms in total. The lowest BCUT2D eigenvalue weighted by atomic mass is 9.92. The Bertz CT molecular complexity index is 502. The largest absolute Gasteiger partial charge is 0.352 e. The molecule has 1 N–H and O–H groups in total. The number of nitrogens with one attached hydrogen (secondary N) is 1. The SMILES string of the molecule is Cc1ccc(C)c(C(=O)NCCCN2C[C@H](C)C[C@@H](C)C2)c1. The van der Waals surface area contributed by atoms with Crippen LogP contribution >= 0.6 is 0 Å². The van der Waals surface area contributed by atoms with Crippen LogP contribution in [0.2, 0.25) is 0 Å². The molecule has 1 amide bonds. The molecule has 1 aromatic rings. The maximum atomic E-state index is 12.2. The minimum atomic E-state index is 0.0570. The van der Waals surface area contributed by atoms with Crippen molar-refractivity contribution in [1.29, 1.82) is 0 Å². The van der Waals surface area contributed by atoms with E-state index in [2.05, 4.69) is 24.1 Å². The van der Waals surface area contributed by atoms with E-state index >= 15 is 0 Å². The number of hydrogen-bond acceptors (Lipinski definition) is 2. The van der Waals surface area contributed by atoms with Crippen molar-refractivity contribution in [2.45, 2.75) is 40.5 Å². The highest BCUT2D eigenvalue weighted by Crippen LogP contribution is 2.20. The van der Waals surface area contributed by atoms with Crippen LogP contribution in [0.1, 0.15) is 48.2 Å². The van der Waals surface area contributed by atoms with Crippen LogP contribution in [-0.2, 0) is 0 Å². The molecule has 0 radical (unpaired) electrons. The Morgan fingerprint density at radius 1 is 1.23 bits per heavy atom. The van der Waals surface area contributed by atoms with Crippen molar-refractivity contribution >= 4 is 5.91 Å². The van der Waals surface area contributed by atoms with Gasteiger partial charge in [-0.15, -0.1) is 0 Å². The van der Waals surface area contributed by atoms with E-state index in [1.165, 1.54) is 19.5 Å². The zero-order chi connectivity index (χ0) is 16.1. The van der Waals surface area contributed by atoms with Gasteiger partial charge in [0.1, 0.15) is 0 Å². The second kappa shape index (κ2) is 7.77. The maximum Gasteiger partial charge on any atom is 0.251 e. The van der Waals surface area contributed by atoms with Gasteiger partial charge in [0.2, 0.25) is 0 Å². The number of rotatable bonds is 5. The second-order valence-electron chi connectivity index (χ2n) is 7.13. The van der Waals surface area contributed by atoms with E-state index in [0.717, 1.165) is 48.0 Å². The minimum Gasteiger partial charge on any atom is -0.352 e. The summed E-state index contributed by atoms with van der Waals surface area (Å²) in [5.74, 6) is 1.66. The zero-order valence-electron chi connectivity index (χ0n) is 14.5. The van der Waals surface area contributed by atoms with E-state index in [-0.39, 0.29) is 5.91 Å². The lowest BCUT2D eigenvalue weighted by molar-refractivity contribution is 0.0946. The molecule has 1 saturated heterocycles. The Kier molecular flexibility index (Phi) is 6.01. The first-order valence-corrected chi connectivity index (χ1v) is 8.53. The first-order chi connectivity index (χ1) is 10.5. The van der Waals surface area contributed by atoms with Crippen LogP contribution in [0.3, 0.4) is 0 Å². The van der Waals surface area contributed by atoms with Crippen LogP contribution in [0.25, 0.3) is 0 Å². The monoisotopic (exact) mass is 302 g/mol. The summed E-state index contributed by atoms with van der Waals surface area (Å²) in [7, 11) is 0. The number of benzene rings is 1. The van der Waals surface area contributed by atoms with E-state index in [0.29, 0.717) is 0 Å². The Morgan fingerprint density at radius 2 is 1.91 bits per heavy atom. The molecule has 1 heterocycles. The van der Waals surface area contributed by atoms with Gasteiger partial charge in [0.25, 0.3) is 5.91 Å². The van der Waals surface area contributed by atoms with Crippen molar-refractivity contribution in [1.82, 2.24) is 10.2 Å². The van der Waals surface area contributed by atoms with E-state index in [4.69, 9.17) is 0 Å². The molecule has 0 saturated carbocycles. The summed E-state index contributed by atoms with van der Waals surface area (Å²) < 4.78 is 0. The highest BCUT2D eigenvalue weighted by Gasteiger charge is 2.21. The molecule has 0 aromatic heterocycles. The van der Waals surface area contributed by atoms with Crippen molar-refractivity contribution in [3.8, 4) is 0 Å². The van der Waals surface area contributed by atoms with E-state index < -0.39 is 0 Å². The fourth-order valence-corrected chi connectivity index (χ4v) is 3.55. The molecule has 2 atom stereocenters. The highest BCUT2D eigenvalue weighted by atomic mass is 16.1. The van der Waals surface area contributed by atoms with Crippen LogP contribution in [0.4, 0.5) is 0 Å². The van der Waals surface area contributed by atoms with Gasteiger partial charge in [0.15, 0.2) is 0 Å². The van der Waals surface area contributed by atoms with Gasteiger partial charge in [-0.2, -0.15) is 0 Å². The Balaban J connectivity index is 1.74. The molecular formula is C19H30N2O. The third kappa shape index (κ3) is 4.84. The Labute approximate surface area is 135 Å². The van der Waals surface area contributed by atoms with Gasteiger partial charge in [0.05, 0.1) is 0 Å². The standard InChI is InChI=1S/C19H30N2O/c1-14-6-7-17(4)18(11-14)19(22)20-8-5-9-21-12-15(2)10-16(3)13-21/h6-7,11,15-16H,5,8-10,12-13H2,1-4H3,(H,20,22)/t15-,16-/m1/s1. The number of nitrogens with zero attached hydrogens (tertiary/aromatic N) is 1. The molecule has 0 unspecified atom stereocenters. The van der Waals surface area contributed by atoms with Crippen LogP contribution in [0.15, 0.2) is 18.2 Å². The first-order valence-electron chi connectivity index (χ1n) is 8.53. The van der Waals surface area contributed by atoms with Crippen molar-refractivity contribution in [3.63, 3.8) is 0 Å². The summed E-state index contributed by atoms with van der Waals surface area (Å²) in [6.45, 7) is 12.9. The summed E-state index contributed by atoms with van der Waals surface area (Å²) in [6, 6.07) is 6.03. The normalized spacial score (nSPS) is 22.5. The summed E-state index contributed by atoms with van der Waals surface area (Å²) in [5.41, 5.74) is 2.98. The maximum absolute atomic E-state index is 12.2. The molecular weight excluding hydrogens is 272 g/mol. The van der Waals surface area contributed by atoms with Gasteiger partial charge in [-0.1, -0.05) is 31.5 Å². The van der Waals surface area contributed by atoms with E-state index in [9.17, 15) is 4.79 Å². The van der Waals surface area contributed by atoms with E-state index in [1.54, 1.807) is 0 Å². The summed E-state index contributed by atoms with van der Waals surface area (Å²) in [5, 5.41) is 3.06. The third-order valence-corrected chi connectivity index (χ3v) is 4.52. The van der Waals surface area contributed by atoms with Crippen molar-refractivity contribution in [2.24, 2.45) is 11.8 Å². The lowest BCUT2D eigenvalue weighted by Crippen LogP contribution is -2.40. The minimum absolute atomic E-state index is 0.0570. The fraction of sp³-hybridized carbons (Fsp3) is 0.632. The molecule has 3 heteroatoms. The molecule has 22 heavy (non-hydrogen) atoms. The van der Waals surface area contributed by atoms with Gasteiger partial charge in [-0.3, -0.25) is 4.79 Å². The second-order valence-corrected chi connectivity index (χ2v) is 7.13. The van der Waals surface area contributed by atoms with Gasteiger partial charge in [-0.05, 0) is 56.7 Å². The van der Waals surface area contributed by atoms with Crippen LogP contribution in [0, 0.1) is 25.7 Å². The predicted molar refractivity (Wildman–Crippen MR) is 92.3 cm³/mol. The molecule has 1 fully saturated rings. The Hall–Kier alpha value is -1.35. The average Bonchev–Trinajstić information content (AvgIpc) is 2.45. The third-order valence-electron chi connectivity index (χ3n) is 4.52. The summed E-state index contributed by atoms with van der Waals surface area (Å²) in [6.07, 6.45) is 2.37. The van der Waals surface area contributed by atoms with Crippen LogP contribution in [0.5, 0.6) is 0 Å². The van der Waals surface area contributed by atoms with Crippen LogP contribution in [-0.4, -0.2) is 37.0 Å². The van der Waals surface area contributed by atoms with Gasteiger partial charge in [-0.25, -0.2) is 0 Å². The number of hydrogen-bond donors (Lipinski definition) is 1. The van der Waals surface area contributed by atoms with Gasteiger partial charge >= 0.3 is 0 Å². The number of carbonyl (C=O) groups is 1. The number of carbonyl (C=O) groups excluding carboxylic acids is 1. The molecule has 0 spiro atoms. The quantitative estimate of drug-likeness (QED) is 0.846. The highest BCUT2D eigenvalue weighted by molar-refractivity contribution is 5.95. The van der Waals surface area contributed by atoms with Crippen LogP contribution < -0.4 is 5.32 Å². The van der Waals surface area contributed by atoms with E-state index in [1.807, 2.05) is 32.0 Å². The predicted octanol–water partition coefficient (Wildman–Crippen LogP) is 3.40. The average molecular weight is 302 g/mol. The van der Waals surface area contributed by atoms with Crippen molar-refractivity contribution in [2.75, 3.05) is 26.2 Å². The van der Waals surface area contributed by atoms with Crippen molar-refractivity contribution < 1.29 is 4.79 Å². The molecule has 1 aliphatic rings. The Morgan fingerprint density at radius 3 is 2.59 bits per heavy atom. The molecule has 1 aromatic carbocycles. The van der Waals surface area contributed by atoms with Crippen molar-refractivity contribution in [3.05, 3.63) is 34.9 Å². The summed E-state index contributed by atoms with van der Waals surface area (Å²) in [4.78, 5) is 14.8. The lowest BCUT2D eigenvalue weighted by Gasteiger charge is -2.34. The summed E-state index contributed by atoms with van der Waals surface area (Å²) >= 11 is 0. The number of amides is 1. The smallest absolute Gasteiger partial charge is 0.251 e. The first kappa shape index (κ1) is 17.0. The molecule has 1 aliphatic heterocycles. The molecule has 2 rings (SSSR count). The fourth-order valence-electron chi connectivity index (χ4n) is 3.55. The molecule has 122 valence electrons. The number of likely N-dealkylation sites (tertiary alicyclic amines) is 1.